The fourth-order valence-corrected chi connectivity index (χ4v) is 1.91. The highest BCUT2D eigenvalue weighted by Crippen LogP contribution is 2.23. The van der Waals surface area contributed by atoms with Crippen molar-refractivity contribution >= 4 is 22.7 Å². The van der Waals surface area contributed by atoms with Gasteiger partial charge in [-0.3, -0.25) is 10.2 Å². The molecule has 0 bridgehead atoms. The lowest BCUT2D eigenvalue weighted by atomic mass is 10.2. The number of nitrogens with two attached hydrogens (primary N) is 1. The number of hydrogen-bond donors (Lipinski definition) is 4. The molecule has 8 nitrogen and oxygen atoms in total. The minimum absolute atomic E-state index is 0.00259. The Morgan fingerprint density at radius 2 is 2.16 bits per heavy atom. The van der Waals surface area contributed by atoms with Crippen LogP contribution in [-0.4, -0.2) is 30.4 Å². The first-order valence-electron chi connectivity index (χ1n) is 5.88. The first-order chi connectivity index (χ1) is 9.13. The van der Waals surface area contributed by atoms with Crippen molar-refractivity contribution in [3.05, 3.63) is 23.8 Å². The van der Waals surface area contributed by atoms with Crippen LogP contribution in [-0.2, 0) is 0 Å². The first-order valence-corrected chi connectivity index (χ1v) is 5.88. The molecule has 0 aromatic carbocycles. The third-order valence-electron chi connectivity index (χ3n) is 2.86. The van der Waals surface area contributed by atoms with Gasteiger partial charge in [0.25, 0.3) is 0 Å². The van der Waals surface area contributed by atoms with Crippen molar-refractivity contribution in [2.24, 2.45) is 0 Å². The number of nitrogens with one attached hydrogen (secondary N) is 3. The number of aromatic nitrogens is 6. The molecule has 1 unspecified atom stereocenters. The lowest BCUT2D eigenvalue weighted by molar-refractivity contribution is 0.819. The molecule has 19 heavy (non-hydrogen) atoms. The van der Waals surface area contributed by atoms with Gasteiger partial charge in [0.2, 0.25) is 0 Å². The molecule has 0 fully saturated rings. The summed E-state index contributed by atoms with van der Waals surface area (Å²) in [5.41, 5.74) is 7.21. The Bertz CT molecular complexity index is 712. The van der Waals surface area contributed by atoms with E-state index in [9.17, 15) is 0 Å². The predicted molar refractivity (Wildman–Crippen MR) is 71.5 cm³/mol. The van der Waals surface area contributed by atoms with Gasteiger partial charge in [0.15, 0.2) is 5.65 Å². The van der Waals surface area contributed by atoms with E-state index < -0.39 is 0 Å². The molecule has 0 saturated heterocycles. The minimum atomic E-state index is -0.00259. The highest BCUT2D eigenvalue weighted by atomic mass is 15.2. The molecule has 0 radical (unpaired) electrons. The average molecular weight is 258 g/mol. The topological polar surface area (TPSA) is 121 Å². The smallest absolute Gasteiger partial charge is 0.161 e. The van der Waals surface area contributed by atoms with E-state index in [1.54, 1.807) is 12.3 Å². The van der Waals surface area contributed by atoms with Crippen molar-refractivity contribution in [1.29, 1.82) is 0 Å². The Morgan fingerprint density at radius 1 is 1.32 bits per heavy atom. The number of H-pyrrole nitrogens is 2. The number of anilines is 2. The van der Waals surface area contributed by atoms with Gasteiger partial charge in [-0.05, 0) is 13.8 Å². The van der Waals surface area contributed by atoms with Crippen LogP contribution in [0.1, 0.15) is 24.5 Å². The summed E-state index contributed by atoms with van der Waals surface area (Å²) >= 11 is 0. The van der Waals surface area contributed by atoms with Gasteiger partial charge in [0.05, 0.1) is 23.3 Å². The van der Waals surface area contributed by atoms with Gasteiger partial charge in [-0.15, -0.1) is 0 Å². The second-order valence-corrected chi connectivity index (χ2v) is 4.37. The van der Waals surface area contributed by atoms with Crippen molar-refractivity contribution in [3.8, 4) is 0 Å². The fraction of sp³-hybridized carbons (Fsp3) is 0.273. The maximum Gasteiger partial charge on any atom is 0.161 e. The zero-order valence-electron chi connectivity index (χ0n) is 10.6. The number of aryl methyl sites for hydroxylation is 1. The summed E-state index contributed by atoms with van der Waals surface area (Å²) in [5.74, 6) is 1.88. The SMILES string of the molecule is Cc1nc(NC(C)c2cc(N)n[nH]2)c2cn[nH]c2n1. The predicted octanol–water partition coefficient (Wildman–Crippen LogP) is 1.14. The molecule has 0 spiro atoms. The lowest BCUT2D eigenvalue weighted by Crippen LogP contribution is -2.09. The summed E-state index contributed by atoms with van der Waals surface area (Å²) in [7, 11) is 0. The summed E-state index contributed by atoms with van der Waals surface area (Å²) in [4.78, 5) is 8.67. The van der Waals surface area contributed by atoms with E-state index in [1.807, 2.05) is 13.8 Å². The van der Waals surface area contributed by atoms with E-state index in [0.717, 1.165) is 16.9 Å². The molecule has 3 rings (SSSR count). The van der Waals surface area contributed by atoms with E-state index >= 15 is 0 Å². The van der Waals surface area contributed by atoms with Crippen LogP contribution in [0, 0.1) is 6.92 Å². The van der Waals surface area contributed by atoms with Crippen LogP contribution in [0.5, 0.6) is 0 Å². The van der Waals surface area contributed by atoms with Gasteiger partial charge < -0.3 is 11.1 Å². The second kappa shape index (κ2) is 4.23. The number of fused-ring (bicyclic) bond motifs is 1. The van der Waals surface area contributed by atoms with Crippen LogP contribution in [0.3, 0.4) is 0 Å². The fourth-order valence-electron chi connectivity index (χ4n) is 1.91. The maximum atomic E-state index is 5.60. The Morgan fingerprint density at radius 3 is 2.89 bits per heavy atom. The summed E-state index contributed by atoms with van der Waals surface area (Å²) in [5, 5.41) is 17.8. The van der Waals surface area contributed by atoms with Crippen molar-refractivity contribution in [1.82, 2.24) is 30.4 Å². The van der Waals surface area contributed by atoms with Crippen molar-refractivity contribution in [2.75, 3.05) is 11.1 Å². The van der Waals surface area contributed by atoms with E-state index in [2.05, 4.69) is 35.7 Å². The highest BCUT2D eigenvalue weighted by molar-refractivity contribution is 5.85. The molecule has 0 saturated carbocycles. The van der Waals surface area contributed by atoms with Crippen LogP contribution in [0.25, 0.3) is 11.0 Å². The Kier molecular flexibility index (Phi) is 2.55. The summed E-state index contributed by atoms with van der Waals surface area (Å²) in [6, 6.07) is 1.79. The van der Waals surface area contributed by atoms with E-state index in [1.165, 1.54) is 0 Å². The molecule has 5 N–H and O–H groups in total. The minimum Gasteiger partial charge on any atom is -0.382 e. The number of nitrogens with zero attached hydrogens (tertiary/aromatic N) is 4. The van der Waals surface area contributed by atoms with Gasteiger partial charge in [0, 0.05) is 6.07 Å². The summed E-state index contributed by atoms with van der Waals surface area (Å²) in [6.07, 6.45) is 1.70. The normalized spacial score (nSPS) is 12.7. The zero-order valence-corrected chi connectivity index (χ0v) is 10.6. The molecule has 0 amide bonds. The average Bonchev–Trinajstić information content (AvgIpc) is 2.97. The molecule has 0 aliphatic rings. The maximum absolute atomic E-state index is 5.60. The molecule has 3 aromatic rings. The highest BCUT2D eigenvalue weighted by Gasteiger charge is 2.13. The Balaban J connectivity index is 1.94. The van der Waals surface area contributed by atoms with Gasteiger partial charge in [-0.2, -0.15) is 10.2 Å². The molecule has 3 heterocycles. The monoisotopic (exact) mass is 258 g/mol. The third kappa shape index (κ3) is 2.07. The standard InChI is InChI=1S/C11H14N8/c1-5(8-3-9(12)18-17-8)14-10-7-4-13-19-11(7)16-6(2)15-10/h3-5H,1-2H3,(H3,12,17,18)(H2,13,14,15,16,19). The number of rotatable bonds is 3. The molecule has 3 aromatic heterocycles. The summed E-state index contributed by atoms with van der Waals surface area (Å²) in [6.45, 7) is 3.83. The second-order valence-electron chi connectivity index (χ2n) is 4.37. The van der Waals surface area contributed by atoms with Gasteiger partial charge in [0.1, 0.15) is 17.5 Å². The number of aromatic amines is 2. The number of hydrogen-bond acceptors (Lipinski definition) is 6. The lowest BCUT2D eigenvalue weighted by Gasteiger charge is -2.13. The number of nitrogen functional groups attached to an aromatic ring is 1. The molecule has 8 heteroatoms. The van der Waals surface area contributed by atoms with Crippen LogP contribution in [0.15, 0.2) is 12.3 Å². The quantitative estimate of drug-likeness (QED) is 0.559. The Labute approximate surface area is 108 Å². The molecule has 0 aliphatic carbocycles. The van der Waals surface area contributed by atoms with Crippen LogP contribution in [0.4, 0.5) is 11.6 Å². The molecular formula is C11H14N8. The molecule has 98 valence electrons. The van der Waals surface area contributed by atoms with Crippen molar-refractivity contribution < 1.29 is 0 Å². The van der Waals surface area contributed by atoms with Crippen LogP contribution < -0.4 is 11.1 Å². The zero-order chi connectivity index (χ0) is 13.4. The Hall–Kier alpha value is -2.64. The van der Waals surface area contributed by atoms with Gasteiger partial charge in [-0.1, -0.05) is 0 Å². The van der Waals surface area contributed by atoms with Crippen LogP contribution >= 0.6 is 0 Å². The summed E-state index contributed by atoms with van der Waals surface area (Å²) < 4.78 is 0. The van der Waals surface area contributed by atoms with E-state index in [0.29, 0.717) is 17.3 Å². The first kappa shape index (κ1) is 11.5. The van der Waals surface area contributed by atoms with Crippen molar-refractivity contribution in [3.63, 3.8) is 0 Å². The molecule has 1 atom stereocenters. The van der Waals surface area contributed by atoms with E-state index in [4.69, 9.17) is 5.73 Å². The third-order valence-corrected chi connectivity index (χ3v) is 2.86. The van der Waals surface area contributed by atoms with E-state index in [-0.39, 0.29) is 6.04 Å². The van der Waals surface area contributed by atoms with Gasteiger partial charge in [-0.25, -0.2) is 9.97 Å². The molecule has 0 aliphatic heterocycles. The van der Waals surface area contributed by atoms with Crippen molar-refractivity contribution in [2.45, 2.75) is 19.9 Å². The van der Waals surface area contributed by atoms with Crippen LogP contribution in [0.2, 0.25) is 0 Å². The largest absolute Gasteiger partial charge is 0.382 e. The molecular weight excluding hydrogens is 244 g/mol. The van der Waals surface area contributed by atoms with Gasteiger partial charge >= 0.3 is 0 Å².